The summed E-state index contributed by atoms with van der Waals surface area (Å²) in [4.78, 5) is 13.3. The number of sulfonamides is 1. The number of hydrogen-bond acceptors (Lipinski definition) is 9. The number of furan rings is 1. The molecule has 0 radical (unpaired) electrons. The minimum atomic E-state index is -3.20. The fourth-order valence-corrected chi connectivity index (χ4v) is 4.33. The van der Waals surface area contributed by atoms with E-state index in [2.05, 4.69) is 30.3 Å². The summed E-state index contributed by atoms with van der Waals surface area (Å²) in [6, 6.07) is 23.3. The Labute approximate surface area is 238 Å². The first-order valence-corrected chi connectivity index (χ1v) is 14.2. The Kier molecular flexibility index (Phi) is 9.67. The van der Waals surface area contributed by atoms with Crippen molar-refractivity contribution in [1.29, 1.82) is 0 Å². The van der Waals surface area contributed by atoms with Gasteiger partial charge in [0.1, 0.15) is 36.0 Å². The van der Waals surface area contributed by atoms with E-state index in [-0.39, 0.29) is 12.4 Å². The Balaban J connectivity index is 0.00000370. The van der Waals surface area contributed by atoms with Gasteiger partial charge in [-0.1, -0.05) is 30.3 Å². The molecule has 0 aliphatic heterocycles. The molecule has 10 nitrogen and oxygen atoms in total. The number of benzene rings is 2. The molecule has 0 unspecified atom stereocenters. The van der Waals surface area contributed by atoms with Gasteiger partial charge >= 0.3 is 0 Å². The number of aromatic nitrogens is 3. The monoisotopic (exact) mass is 580 g/mol. The Morgan fingerprint density at radius 3 is 2.50 bits per heavy atom. The van der Waals surface area contributed by atoms with Crippen molar-refractivity contribution < 1.29 is 17.6 Å². The quantitative estimate of drug-likeness (QED) is 0.180. The third-order valence-electron chi connectivity index (χ3n) is 5.77. The van der Waals surface area contributed by atoms with Crippen LogP contribution in [0.3, 0.4) is 0 Å². The number of nitrogens with zero attached hydrogens (tertiary/aromatic N) is 3. The summed E-state index contributed by atoms with van der Waals surface area (Å²) in [5, 5.41) is 7.30. The van der Waals surface area contributed by atoms with Crippen LogP contribution in [0.2, 0.25) is 0 Å². The van der Waals surface area contributed by atoms with Crippen LogP contribution < -0.4 is 20.1 Å². The van der Waals surface area contributed by atoms with Gasteiger partial charge in [0.05, 0.1) is 24.5 Å². The van der Waals surface area contributed by atoms with Crippen molar-refractivity contribution in [3.63, 3.8) is 0 Å². The Morgan fingerprint density at radius 1 is 0.925 bits per heavy atom. The highest BCUT2D eigenvalue weighted by atomic mass is 35.5. The Hall–Kier alpha value is -4.03. The zero-order chi connectivity index (χ0) is 27.1. The fourth-order valence-electron chi connectivity index (χ4n) is 3.85. The Bertz CT molecular complexity index is 1650. The summed E-state index contributed by atoms with van der Waals surface area (Å²) >= 11 is 0. The standard InChI is InChI=1S/C28H28N6O4S.ClH/c1-39(35,36)33-14-13-29-16-23-11-12-27(38-23)25-15-24-26(17-30-25)31-19-32-28(24)34-21-7-9-22(10-8-21)37-18-20-5-3-2-4-6-20;/h2-12,15,17,19,29,33H,13-14,16,18H2,1H3,(H,31,32,34);1H. The van der Waals surface area contributed by atoms with Gasteiger partial charge in [-0.3, -0.25) is 4.98 Å². The van der Waals surface area contributed by atoms with E-state index in [1.54, 1.807) is 6.20 Å². The number of nitrogens with one attached hydrogen (secondary N) is 3. The lowest BCUT2D eigenvalue weighted by molar-refractivity contribution is 0.306. The predicted molar refractivity (Wildman–Crippen MR) is 157 cm³/mol. The zero-order valence-corrected chi connectivity index (χ0v) is 23.3. The third-order valence-corrected chi connectivity index (χ3v) is 6.49. The Morgan fingerprint density at radius 2 is 1.73 bits per heavy atom. The minimum Gasteiger partial charge on any atom is -0.489 e. The molecular formula is C28H29ClN6O4S. The highest BCUT2D eigenvalue weighted by Gasteiger charge is 2.11. The molecule has 40 heavy (non-hydrogen) atoms. The van der Waals surface area contributed by atoms with Crippen molar-refractivity contribution in [1.82, 2.24) is 25.0 Å². The van der Waals surface area contributed by atoms with Crippen molar-refractivity contribution in [3.8, 4) is 17.2 Å². The van der Waals surface area contributed by atoms with E-state index in [0.717, 1.165) is 28.6 Å². The predicted octanol–water partition coefficient (Wildman–Crippen LogP) is 4.67. The summed E-state index contributed by atoms with van der Waals surface area (Å²) in [5.74, 6) is 2.74. The second-order valence-electron chi connectivity index (χ2n) is 8.84. The zero-order valence-electron chi connectivity index (χ0n) is 21.7. The van der Waals surface area contributed by atoms with Gasteiger partial charge < -0.3 is 19.8 Å². The number of ether oxygens (including phenoxy) is 1. The molecule has 0 amide bonds. The van der Waals surface area contributed by atoms with Crippen LogP contribution in [0.15, 0.2) is 89.7 Å². The van der Waals surface area contributed by atoms with E-state index >= 15 is 0 Å². The number of rotatable bonds is 12. The summed E-state index contributed by atoms with van der Waals surface area (Å²) in [6.07, 6.45) is 4.32. The molecule has 0 fully saturated rings. The number of pyridine rings is 1. The summed E-state index contributed by atoms with van der Waals surface area (Å²) in [5.41, 5.74) is 3.32. The molecule has 5 rings (SSSR count). The van der Waals surface area contributed by atoms with Crippen LogP contribution in [0, 0.1) is 0 Å². The van der Waals surface area contributed by atoms with Crippen molar-refractivity contribution in [2.24, 2.45) is 0 Å². The second kappa shape index (κ2) is 13.4. The van der Waals surface area contributed by atoms with Crippen LogP contribution in [-0.4, -0.2) is 42.7 Å². The van der Waals surface area contributed by atoms with Crippen molar-refractivity contribution >= 4 is 44.8 Å². The average molecular weight is 581 g/mol. The van der Waals surface area contributed by atoms with Gasteiger partial charge in [-0.2, -0.15) is 0 Å². The van der Waals surface area contributed by atoms with Crippen LogP contribution in [0.4, 0.5) is 11.5 Å². The maximum atomic E-state index is 11.1. The van der Waals surface area contributed by atoms with Gasteiger partial charge in [0.25, 0.3) is 0 Å². The van der Waals surface area contributed by atoms with E-state index in [1.807, 2.05) is 72.8 Å². The molecule has 0 aliphatic carbocycles. The molecular weight excluding hydrogens is 552 g/mol. The van der Waals surface area contributed by atoms with E-state index in [1.165, 1.54) is 6.33 Å². The van der Waals surface area contributed by atoms with E-state index in [0.29, 0.717) is 54.8 Å². The summed E-state index contributed by atoms with van der Waals surface area (Å²) < 4.78 is 36.6. The summed E-state index contributed by atoms with van der Waals surface area (Å²) in [7, 11) is -3.20. The fraction of sp³-hybridized carbons (Fsp3) is 0.179. The second-order valence-corrected chi connectivity index (χ2v) is 10.7. The first kappa shape index (κ1) is 29.0. The third kappa shape index (κ3) is 7.99. The molecule has 12 heteroatoms. The smallest absolute Gasteiger partial charge is 0.208 e. The molecule has 0 saturated carbocycles. The number of hydrogen-bond donors (Lipinski definition) is 3. The lowest BCUT2D eigenvalue weighted by Crippen LogP contribution is -2.30. The minimum absolute atomic E-state index is 0. The molecule has 208 valence electrons. The first-order valence-electron chi connectivity index (χ1n) is 12.3. The van der Waals surface area contributed by atoms with Gasteiger partial charge in [0, 0.05) is 24.2 Å². The molecule has 3 heterocycles. The molecule has 0 aliphatic rings. The highest BCUT2D eigenvalue weighted by Crippen LogP contribution is 2.28. The van der Waals surface area contributed by atoms with Gasteiger partial charge in [-0.05, 0) is 48.0 Å². The van der Waals surface area contributed by atoms with Crippen LogP contribution in [0.25, 0.3) is 22.4 Å². The topological polar surface area (TPSA) is 131 Å². The largest absolute Gasteiger partial charge is 0.489 e. The lowest BCUT2D eigenvalue weighted by Gasteiger charge is -2.10. The molecule has 0 atom stereocenters. The van der Waals surface area contributed by atoms with Crippen LogP contribution in [0.5, 0.6) is 5.75 Å². The maximum absolute atomic E-state index is 11.1. The molecule has 3 aromatic heterocycles. The first-order chi connectivity index (χ1) is 18.9. The normalized spacial score (nSPS) is 11.2. The molecule has 5 aromatic rings. The van der Waals surface area contributed by atoms with E-state index in [9.17, 15) is 8.42 Å². The van der Waals surface area contributed by atoms with Crippen LogP contribution in [0.1, 0.15) is 11.3 Å². The van der Waals surface area contributed by atoms with Crippen molar-refractivity contribution in [2.75, 3.05) is 24.7 Å². The van der Waals surface area contributed by atoms with Gasteiger partial charge in [0.2, 0.25) is 10.0 Å². The van der Waals surface area contributed by atoms with E-state index < -0.39 is 10.0 Å². The number of anilines is 2. The lowest BCUT2D eigenvalue weighted by atomic mass is 10.2. The number of halogens is 1. The molecule has 2 aromatic carbocycles. The molecule has 0 spiro atoms. The number of fused-ring (bicyclic) bond motifs is 1. The SMILES string of the molecule is CS(=O)(=O)NCCNCc1ccc(-c2cc3c(Nc4ccc(OCc5ccccc5)cc4)ncnc3cn2)o1.Cl. The van der Waals surface area contributed by atoms with Gasteiger partial charge in [0.15, 0.2) is 5.76 Å². The van der Waals surface area contributed by atoms with Gasteiger partial charge in [-0.15, -0.1) is 12.4 Å². The summed E-state index contributed by atoms with van der Waals surface area (Å²) in [6.45, 7) is 1.74. The van der Waals surface area contributed by atoms with Crippen molar-refractivity contribution in [3.05, 3.63) is 96.6 Å². The maximum Gasteiger partial charge on any atom is 0.208 e. The highest BCUT2D eigenvalue weighted by molar-refractivity contribution is 7.88. The van der Waals surface area contributed by atoms with Crippen LogP contribution >= 0.6 is 12.4 Å². The molecule has 0 bridgehead atoms. The molecule has 3 N–H and O–H groups in total. The van der Waals surface area contributed by atoms with Crippen molar-refractivity contribution in [2.45, 2.75) is 13.2 Å². The average Bonchev–Trinajstić information content (AvgIpc) is 3.41. The molecule has 0 saturated heterocycles. The van der Waals surface area contributed by atoms with E-state index in [4.69, 9.17) is 9.15 Å². The van der Waals surface area contributed by atoms with Gasteiger partial charge in [-0.25, -0.2) is 23.1 Å². The van der Waals surface area contributed by atoms with Crippen LogP contribution in [-0.2, 0) is 23.2 Å².